The Morgan fingerprint density at radius 1 is 0.679 bits per heavy atom. The van der Waals surface area contributed by atoms with Crippen molar-refractivity contribution >= 4 is 14.2 Å². The molecular weight excluding hydrogens is 350 g/mol. The summed E-state index contributed by atoms with van der Waals surface area (Å²) in [6, 6.07) is 10.5. The molecule has 0 spiro atoms. The van der Waals surface area contributed by atoms with Crippen molar-refractivity contribution in [3.05, 3.63) is 35.9 Å². The molecule has 0 unspecified atom stereocenters. The Balaban J connectivity index is 1.91. The molecule has 28 heavy (non-hydrogen) atoms. The van der Waals surface area contributed by atoms with E-state index >= 15 is 0 Å². The van der Waals surface area contributed by atoms with Crippen molar-refractivity contribution in [2.24, 2.45) is 0 Å². The van der Waals surface area contributed by atoms with Crippen LogP contribution in [0.25, 0.3) is 0 Å². The van der Waals surface area contributed by atoms with Crippen molar-refractivity contribution in [1.29, 1.82) is 0 Å². The van der Waals surface area contributed by atoms with Gasteiger partial charge in [0.15, 0.2) is 0 Å². The van der Waals surface area contributed by atoms with Crippen molar-refractivity contribution in [2.45, 2.75) is 103 Å². The highest BCUT2D eigenvalue weighted by Gasteiger charge is 2.67. The lowest BCUT2D eigenvalue weighted by Crippen LogP contribution is -2.47. The van der Waals surface area contributed by atoms with Crippen LogP contribution in [0, 0.1) is 0 Å². The van der Waals surface area contributed by atoms with Gasteiger partial charge in [0, 0.05) is 5.21 Å². The fraction of sp³-hybridized carbons (Fsp3) is 0.727. The van der Waals surface area contributed by atoms with Gasteiger partial charge in [-0.2, -0.15) is 0 Å². The predicted octanol–water partition coefficient (Wildman–Crippen LogP) is 5.10. The summed E-state index contributed by atoms with van der Waals surface area (Å²) in [5, 5.41) is -0.452. The quantitative estimate of drug-likeness (QED) is 0.660. The molecule has 2 fully saturated rings. The van der Waals surface area contributed by atoms with Crippen LogP contribution in [-0.2, 0) is 25.0 Å². The Morgan fingerprint density at radius 3 is 1.39 bits per heavy atom. The predicted molar refractivity (Wildman–Crippen MR) is 115 cm³/mol. The second-order valence-electron chi connectivity index (χ2n) is 10.7. The monoisotopic (exact) mass is 386 g/mol. The normalized spacial score (nSPS) is 25.3. The topological polar surface area (TPSA) is 36.9 Å². The second kappa shape index (κ2) is 6.87. The fourth-order valence-corrected chi connectivity index (χ4v) is 3.63. The maximum Gasteiger partial charge on any atom is 0.461 e. The van der Waals surface area contributed by atoms with Gasteiger partial charge in [0.05, 0.1) is 22.4 Å². The van der Waals surface area contributed by atoms with E-state index in [4.69, 9.17) is 18.6 Å². The van der Waals surface area contributed by atoms with Gasteiger partial charge in [-0.3, -0.25) is 0 Å². The molecule has 4 nitrogen and oxygen atoms in total. The molecule has 0 radical (unpaired) electrons. The van der Waals surface area contributed by atoms with Gasteiger partial charge in [0.1, 0.15) is 0 Å². The molecule has 3 rings (SSSR count). The smallest absolute Gasteiger partial charge is 0.403 e. The minimum absolute atomic E-state index is 0.394. The van der Waals surface area contributed by atoms with Crippen molar-refractivity contribution in [3.63, 3.8) is 0 Å². The summed E-state index contributed by atoms with van der Waals surface area (Å²) in [7, 11) is -0.813. The number of benzene rings is 1. The van der Waals surface area contributed by atoms with Gasteiger partial charge in [0.25, 0.3) is 0 Å². The molecule has 0 aliphatic carbocycles. The number of rotatable bonds is 5. The number of hydrogen-bond donors (Lipinski definition) is 0. The van der Waals surface area contributed by atoms with Gasteiger partial charge in [-0.15, -0.1) is 0 Å². The Hall–Kier alpha value is -0.810. The summed E-state index contributed by atoms with van der Waals surface area (Å²) >= 11 is 0. The third-order valence-electron chi connectivity index (χ3n) is 7.38. The SMILES string of the molecule is CC(CCc1ccccc1)(B1OC(C)(C)C(C)(C)O1)B1OC(C)(C)C(C)(C)O1. The molecule has 0 bridgehead atoms. The first-order valence-electron chi connectivity index (χ1n) is 10.5. The molecule has 0 N–H and O–H groups in total. The summed E-state index contributed by atoms with van der Waals surface area (Å²) < 4.78 is 25.9. The molecule has 1 aromatic rings. The van der Waals surface area contributed by atoms with Gasteiger partial charge in [-0.1, -0.05) is 37.3 Å². The maximum absolute atomic E-state index is 6.48. The van der Waals surface area contributed by atoms with Crippen LogP contribution in [0.4, 0.5) is 0 Å². The Labute approximate surface area is 171 Å². The van der Waals surface area contributed by atoms with Crippen molar-refractivity contribution in [1.82, 2.24) is 0 Å². The van der Waals surface area contributed by atoms with Crippen LogP contribution in [-0.4, -0.2) is 36.6 Å². The summed E-state index contributed by atoms with van der Waals surface area (Å²) in [5.74, 6) is 0. The van der Waals surface area contributed by atoms with Gasteiger partial charge in [0.2, 0.25) is 0 Å². The Bertz CT molecular complexity index is 632. The summed E-state index contributed by atoms with van der Waals surface area (Å²) in [5.41, 5.74) is -0.281. The fourth-order valence-electron chi connectivity index (χ4n) is 3.63. The zero-order valence-corrected chi connectivity index (χ0v) is 19.1. The maximum atomic E-state index is 6.48. The first kappa shape index (κ1) is 21.9. The molecule has 2 aliphatic rings. The molecule has 2 heterocycles. The molecule has 0 atom stereocenters. The van der Waals surface area contributed by atoms with E-state index in [1.807, 2.05) is 6.07 Å². The van der Waals surface area contributed by atoms with Gasteiger partial charge >= 0.3 is 14.2 Å². The molecule has 154 valence electrons. The minimum atomic E-state index is -0.452. The number of hydrogen-bond acceptors (Lipinski definition) is 4. The van der Waals surface area contributed by atoms with E-state index in [2.05, 4.69) is 86.6 Å². The Morgan fingerprint density at radius 2 is 1.04 bits per heavy atom. The molecule has 0 amide bonds. The van der Waals surface area contributed by atoms with Crippen LogP contribution in [0.5, 0.6) is 0 Å². The van der Waals surface area contributed by atoms with Gasteiger partial charge < -0.3 is 18.6 Å². The van der Waals surface area contributed by atoms with E-state index in [1.54, 1.807) is 0 Å². The zero-order chi connectivity index (χ0) is 21.0. The summed E-state index contributed by atoms with van der Waals surface area (Å²) in [4.78, 5) is 0. The average molecular weight is 386 g/mol. The van der Waals surface area contributed by atoms with Crippen LogP contribution in [0.1, 0.15) is 74.3 Å². The van der Waals surface area contributed by atoms with Gasteiger partial charge in [-0.25, -0.2) is 0 Å². The molecule has 6 heteroatoms. The lowest BCUT2D eigenvalue weighted by atomic mass is 9.38. The summed E-state index contributed by atoms with van der Waals surface area (Å²) in [6.07, 6.45) is 1.75. The van der Waals surface area contributed by atoms with Crippen LogP contribution in [0.3, 0.4) is 0 Å². The van der Waals surface area contributed by atoms with Crippen molar-refractivity contribution in [3.8, 4) is 0 Å². The first-order valence-corrected chi connectivity index (χ1v) is 10.5. The lowest BCUT2D eigenvalue weighted by molar-refractivity contribution is 0.00578. The van der Waals surface area contributed by atoms with E-state index in [0.29, 0.717) is 0 Å². The second-order valence-corrected chi connectivity index (χ2v) is 10.7. The van der Waals surface area contributed by atoms with Crippen LogP contribution in [0.2, 0.25) is 5.21 Å². The lowest BCUT2D eigenvalue weighted by Gasteiger charge is -2.33. The standard InChI is InChI=1S/C22H36B2O4/c1-18(2)19(3,4)26-23(25-18)22(9,16-15-17-13-11-10-12-14-17)24-27-20(5,6)21(7,8)28-24/h10-14H,15-16H2,1-9H3. The van der Waals surface area contributed by atoms with Crippen molar-refractivity contribution < 1.29 is 18.6 Å². The molecule has 0 aromatic heterocycles. The highest BCUT2D eigenvalue weighted by atomic mass is 16.7. The third-order valence-corrected chi connectivity index (χ3v) is 7.38. The van der Waals surface area contributed by atoms with E-state index in [0.717, 1.165) is 12.8 Å². The van der Waals surface area contributed by atoms with E-state index < -0.39 is 41.9 Å². The molecule has 1 aromatic carbocycles. The summed E-state index contributed by atoms with van der Waals surface area (Å²) in [6.45, 7) is 18.9. The molecular formula is C22H36B2O4. The largest absolute Gasteiger partial charge is 0.461 e. The van der Waals surface area contributed by atoms with Crippen LogP contribution >= 0.6 is 0 Å². The third kappa shape index (κ3) is 3.69. The minimum Gasteiger partial charge on any atom is -0.403 e. The molecule has 2 aliphatic heterocycles. The van der Waals surface area contributed by atoms with Crippen LogP contribution < -0.4 is 0 Å². The highest BCUT2D eigenvalue weighted by Crippen LogP contribution is 2.53. The average Bonchev–Trinajstić information content (AvgIpc) is 2.94. The molecule has 2 saturated heterocycles. The highest BCUT2D eigenvalue weighted by molar-refractivity contribution is 6.71. The Kier molecular flexibility index (Phi) is 5.37. The van der Waals surface area contributed by atoms with Crippen LogP contribution in [0.15, 0.2) is 30.3 Å². The molecule has 0 saturated carbocycles. The van der Waals surface area contributed by atoms with Gasteiger partial charge in [-0.05, 0) is 73.8 Å². The van der Waals surface area contributed by atoms with E-state index in [1.165, 1.54) is 5.56 Å². The van der Waals surface area contributed by atoms with E-state index in [9.17, 15) is 0 Å². The van der Waals surface area contributed by atoms with E-state index in [-0.39, 0.29) is 0 Å². The first-order chi connectivity index (χ1) is 12.7. The number of aryl methyl sites for hydroxylation is 1. The van der Waals surface area contributed by atoms with Crippen molar-refractivity contribution in [2.75, 3.05) is 0 Å². The zero-order valence-electron chi connectivity index (χ0n) is 19.1.